The number of aromatic nitrogens is 4. The molecule has 1 aromatic heterocycles. The first-order chi connectivity index (χ1) is 8.04. The van der Waals surface area contributed by atoms with Crippen LogP contribution >= 0.6 is 0 Å². The van der Waals surface area contributed by atoms with Gasteiger partial charge in [0.05, 0.1) is 0 Å². The molecule has 0 unspecified atom stereocenters. The van der Waals surface area contributed by atoms with Gasteiger partial charge < -0.3 is 5.11 Å². The maximum Gasteiger partial charge on any atom is 0.331 e. The van der Waals surface area contributed by atoms with Crippen LogP contribution in [0.3, 0.4) is 0 Å². The van der Waals surface area contributed by atoms with Crippen molar-refractivity contribution in [2.75, 3.05) is 0 Å². The van der Waals surface area contributed by atoms with Crippen LogP contribution in [0.15, 0.2) is 0 Å². The van der Waals surface area contributed by atoms with Gasteiger partial charge in [0.1, 0.15) is 0 Å². The molecule has 1 heterocycles. The number of hydrogen-bond donors (Lipinski definition) is 1. The zero-order valence-electron chi connectivity index (χ0n) is 11.7. The quantitative estimate of drug-likeness (QED) is 0.884. The van der Waals surface area contributed by atoms with Crippen LogP contribution in [-0.2, 0) is 10.3 Å². The lowest BCUT2D eigenvalue weighted by Gasteiger charge is -2.20. The van der Waals surface area contributed by atoms with E-state index in [1.165, 1.54) is 4.68 Å². The van der Waals surface area contributed by atoms with Gasteiger partial charge in [-0.15, -0.1) is 5.10 Å². The molecule has 0 aliphatic heterocycles. The van der Waals surface area contributed by atoms with Crippen molar-refractivity contribution in [3.05, 3.63) is 5.82 Å². The van der Waals surface area contributed by atoms with E-state index in [-0.39, 0.29) is 16.7 Å². The fourth-order valence-corrected chi connectivity index (χ4v) is 2.70. The molecule has 18 heavy (non-hydrogen) atoms. The minimum Gasteiger partial charge on any atom is -0.479 e. The van der Waals surface area contributed by atoms with Crippen molar-refractivity contribution in [2.24, 2.45) is 10.8 Å². The predicted octanol–water partition coefficient (Wildman–Crippen LogP) is 1.64. The lowest BCUT2D eigenvalue weighted by molar-refractivity contribution is -0.146. The van der Waals surface area contributed by atoms with E-state index in [9.17, 15) is 9.90 Å². The molecular formula is C12H20N4O2. The van der Waals surface area contributed by atoms with E-state index in [4.69, 9.17) is 0 Å². The van der Waals surface area contributed by atoms with E-state index < -0.39 is 11.5 Å². The molecule has 0 amide bonds. The normalized spacial score (nSPS) is 21.9. The summed E-state index contributed by atoms with van der Waals surface area (Å²) in [6.07, 6.45) is 0. The number of hydrogen-bond acceptors (Lipinski definition) is 4. The van der Waals surface area contributed by atoms with Crippen LogP contribution in [0, 0.1) is 10.8 Å². The van der Waals surface area contributed by atoms with Gasteiger partial charge in [-0.2, -0.15) is 0 Å². The maximum atomic E-state index is 11.3. The summed E-state index contributed by atoms with van der Waals surface area (Å²) >= 11 is 0. The van der Waals surface area contributed by atoms with Crippen LogP contribution in [0.1, 0.15) is 53.3 Å². The third kappa shape index (κ3) is 1.41. The molecule has 1 N–H and O–H groups in total. The van der Waals surface area contributed by atoms with Gasteiger partial charge in [0.2, 0.25) is 0 Å². The second kappa shape index (κ2) is 3.30. The molecule has 6 nitrogen and oxygen atoms in total. The van der Waals surface area contributed by atoms with E-state index in [0.717, 1.165) is 0 Å². The molecule has 1 fully saturated rings. The molecule has 1 aliphatic rings. The number of rotatable bonds is 3. The van der Waals surface area contributed by atoms with E-state index in [2.05, 4.69) is 43.2 Å². The summed E-state index contributed by atoms with van der Waals surface area (Å²) in [5.41, 5.74) is -0.977. The van der Waals surface area contributed by atoms with Gasteiger partial charge in [0, 0.05) is 5.92 Å². The molecule has 0 atom stereocenters. The van der Waals surface area contributed by atoms with Gasteiger partial charge in [-0.3, -0.25) is 0 Å². The molecule has 0 radical (unpaired) electrons. The van der Waals surface area contributed by atoms with Crippen molar-refractivity contribution in [1.82, 2.24) is 20.2 Å². The maximum absolute atomic E-state index is 11.3. The first-order valence-corrected chi connectivity index (χ1v) is 6.06. The van der Waals surface area contributed by atoms with Crippen LogP contribution < -0.4 is 0 Å². The Labute approximate surface area is 106 Å². The van der Waals surface area contributed by atoms with Crippen molar-refractivity contribution in [3.63, 3.8) is 0 Å². The van der Waals surface area contributed by atoms with Crippen molar-refractivity contribution >= 4 is 5.97 Å². The Morgan fingerprint density at radius 3 is 2.17 bits per heavy atom. The molecule has 6 heteroatoms. The fraction of sp³-hybridized carbons (Fsp3) is 0.833. The summed E-state index contributed by atoms with van der Waals surface area (Å²) in [7, 11) is 0. The molecule has 0 saturated heterocycles. The van der Waals surface area contributed by atoms with E-state index in [1.807, 2.05) is 0 Å². The minimum atomic E-state index is -1.13. The molecule has 0 spiro atoms. The van der Waals surface area contributed by atoms with Gasteiger partial charge in [0.25, 0.3) is 0 Å². The van der Waals surface area contributed by atoms with Gasteiger partial charge >= 0.3 is 5.97 Å². The second-order valence-electron chi connectivity index (χ2n) is 6.69. The van der Waals surface area contributed by atoms with Crippen LogP contribution in [0.4, 0.5) is 0 Å². The van der Waals surface area contributed by atoms with E-state index in [0.29, 0.717) is 5.82 Å². The first-order valence-electron chi connectivity index (χ1n) is 6.06. The largest absolute Gasteiger partial charge is 0.479 e. The number of carboxylic acids is 1. The minimum absolute atomic E-state index is 0.0774. The number of nitrogens with zero attached hydrogens (tertiary/aromatic N) is 4. The molecular weight excluding hydrogens is 232 g/mol. The third-order valence-electron chi connectivity index (χ3n) is 4.83. The summed E-state index contributed by atoms with van der Waals surface area (Å²) in [5.74, 6) is -0.0941. The number of carbonyl (C=O) groups is 1. The molecule has 1 aromatic rings. The third-order valence-corrected chi connectivity index (χ3v) is 4.83. The van der Waals surface area contributed by atoms with E-state index in [1.54, 1.807) is 13.8 Å². The first kappa shape index (κ1) is 13.0. The molecule has 2 rings (SSSR count). The van der Waals surface area contributed by atoms with E-state index >= 15 is 0 Å². The Bertz CT molecular complexity index is 488. The second-order valence-corrected chi connectivity index (χ2v) is 6.69. The van der Waals surface area contributed by atoms with Crippen LogP contribution in [-0.4, -0.2) is 31.3 Å². The average molecular weight is 252 g/mol. The monoisotopic (exact) mass is 252 g/mol. The fourth-order valence-electron chi connectivity index (χ4n) is 2.70. The summed E-state index contributed by atoms with van der Waals surface area (Å²) in [4.78, 5) is 11.3. The zero-order chi connectivity index (χ0) is 13.9. The highest BCUT2D eigenvalue weighted by molar-refractivity contribution is 5.75. The molecule has 1 saturated carbocycles. The van der Waals surface area contributed by atoms with Crippen LogP contribution in [0.5, 0.6) is 0 Å². The summed E-state index contributed by atoms with van der Waals surface area (Å²) in [6.45, 7) is 11.8. The molecule has 0 bridgehead atoms. The zero-order valence-corrected chi connectivity index (χ0v) is 11.7. The molecule has 100 valence electrons. The summed E-state index contributed by atoms with van der Waals surface area (Å²) in [6, 6.07) is 0. The van der Waals surface area contributed by atoms with Crippen LogP contribution in [0.25, 0.3) is 0 Å². The molecule has 1 aliphatic carbocycles. The summed E-state index contributed by atoms with van der Waals surface area (Å²) < 4.78 is 1.44. The standard InChI is InChI=1S/C12H20N4O2/c1-10(2)7(11(10,3)4)8-13-14-15-16(8)12(5,6)9(17)18/h7H,1-6H3,(H,17,18). The van der Waals surface area contributed by atoms with Crippen molar-refractivity contribution in [1.29, 1.82) is 0 Å². The van der Waals surface area contributed by atoms with Crippen molar-refractivity contribution < 1.29 is 9.90 Å². The Morgan fingerprint density at radius 2 is 1.78 bits per heavy atom. The highest BCUT2D eigenvalue weighted by atomic mass is 16.4. The summed E-state index contributed by atoms with van der Waals surface area (Å²) in [5, 5.41) is 20.9. The lowest BCUT2D eigenvalue weighted by Crippen LogP contribution is -2.38. The topological polar surface area (TPSA) is 80.9 Å². The number of aliphatic carboxylic acids is 1. The Hall–Kier alpha value is -1.46. The average Bonchev–Trinajstić information content (AvgIpc) is 2.59. The smallest absolute Gasteiger partial charge is 0.331 e. The highest BCUT2D eigenvalue weighted by Crippen LogP contribution is 2.73. The van der Waals surface area contributed by atoms with Gasteiger partial charge in [0.15, 0.2) is 11.4 Å². The van der Waals surface area contributed by atoms with Gasteiger partial charge in [-0.25, -0.2) is 9.48 Å². The Morgan fingerprint density at radius 1 is 1.28 bits per heavy atom. The lowest BCUT2D eigenvalue weighted by atomic mass is 10.0. The highest BCUT2D eigenvalue weighted by Gasteiger charge is 2.67. The molecule has 0 aromatic carbocycles. The SMILES string of the molecule is CC(C)(C(=O)O)n1nnnc1C1C(C)(C)C1(C)C. The number of tetrazole rings is 1. The Kier molecular flexibility index (Phi) is 2.38. The van der Waals surface area contributed by atoms with Gasteiger partial charge in [-0.05, 0) is 35.1 Å². The van der Waals surface area contributed by atoms with Crippen molar-refractivity contribution in [2.45, 2.75) is 53.0 Å². The van der Waals surface area contributed by atoms with Gasteiger partial charge in [-0.1, -0.05) is 27.7 Å². The number of carboxylic acid groups (broad SMARTS) is 1. The van der Waals surface area contributed by atoms with Crippen molar-refractivity contribution in [3.8, 4) is 0 Å². The van der Waals surface area contributed by atoms with Crippen LogP contribution in [0.2, 0.25) is 0 Å². The predicted molar refractivity (Wildman–Crippen MR) is 65.1 cm³/mol. The Balaban J connectivity index is 2.46.